The van der Waals surface area contributed by atoms with E-state index in [4.69, 9.17) is 16.3 Å². The molecule has 1 aromatic carbocycles. The van der Waals surface area contributed by atoms with Crippen LogP contribution in [0.1, 0.15) is 45.4 Å². The molecule has 2 aliphatic rings. The number of cyclic esters (lactones) is 1. The normalized spacial score (nSPS) is 35.8. The second-order valence-corrected chi connectivity index (χ2v) is 11.1. The van der Waals surface area contributed by atoms with Crippen molar-refractivity contribution < 1.29 is 19.7 Å². The number of hydrogen-bond acceptors (Lipinski definition) is 4. The van der Waals surface area contributed by atoms with Gasteiger partial charge in [-0.1, -0.05) is 0 Å². The van der Waals surface area contributed by atoms with Crippen LogP contribution >= 0.6 is 11.6 Å². The van der Waals surface area contributed by atoms with Crippen molar-refractivity contribution >= 4 is 37.0 Å². The van der Waals surface area contributed by atoms with E-state index in [1.165, 1.54) is 0 Å². The van der Waals surface area contributed by atoms with Crippen molar-refractivity contribution in [3.05, 3.63) is 41.4 Å². The van der Waals surface area contributed by atoms with Crippen LogP contribution in [0, 0.1) is 11.8 Å². The van der Waals surface area contributed by atoms with Crippen LogP contribution in [-0.2, 0) is 9.53 Å². The molecule has 0 amide bonds. The van der Waals surface area contributed by atoms with Crippen LogP contribution in [0.2, 0.25) is 9.84 Å². The van der Waals surface area contributed by atoms with Crippen molar-refractivity contribution in [1.29, 1.82) is 0 Å². The summed E-state index contributed by atoms with van der Waals surface area (Å²) in [5.41, 5.74) is 0. The number of esters is 1. The van der Waals surface area contributed by atoms with Gasteiger partial charge in [-0.25, -0.2) is 0 Å². The van der Waals surface area contributed by atoms with Crippen molar-refractivity contribution in [2.45, 2.75) is 68.6 Å². The van der Waals surface area contributed by atoms with Crippen molar-refractivity contribution in [2.24, 2.45) is 11.8 Å². The first kappa shape index (κ1) is 21.9. The number of carbonyl (C=O) groups excluding carboxylic acids is 1. The van der Waals surface area contributed by atoms with Crippen LogP contribution in [0.4, 0.5) is 0 Å². The quantitative estimate of drug-likeness (QED) is 0.395. The third-order valence-corrected chi connectivity index (χ3v) is 8.59. The SMILES string of the molecule is C[C@H]1CCC/C=C/[C@@H]2C[C@H](O)C[C@H]2[C@H](O)[C@H]([Se]c2ccc(Cl)cc2)CC(=O)O1. The fourth-order valence-electron chi connectivity index (χ4n) is 4.17. The number of halogens is 1. The maximum absolute atomic E-state index is 12.5. The van der Waals surface area contributed by atoms with Crippen molar-refractivity contribution in [3.8, 4) is 0 Å². The van der Waals surface area contributed by atoms with Gasteiger partial charge in [-0.3, -0.25) is 0 Å². The molecule has 1 aliphatic heterocycles. The summed E-state index contributed by atoms with van der Waals surface area (Å²) >= 11 is 5.89. The number of carbonyl (C=O) groups is 1. The van der Waals surface area contributed by atoms with E-state index in [0.29, 0.717) is 17.9 Å². The van der Waals surface area contributed by atoms with Gasteiger partial charge < -0.3 is 0 Å². The zero-order valence-corrected chi connectivity index (χ0v) is 18.6. The summed E-state index contributed by atoms with van der Waals surface area (Å²) in [7, 11) is 0. The zero-order valence-electron chi connectivity index (χ0n) is 16.2. The molecule has 0 aromatic heterocycles. The van der Waals surface area contributed by atoms with E-state index in [-0.39, 0.29) is 50.1 Å². The summed E-state index contributed by atoms with van der Waals surface area (Å²) in [6, 6.07) is 7.61. The van der Waals surface area contributed by atoms with Crippen LogP contribution in [-0.4, -0.2) is 49.5 Å². The van der Waals surface area contributed by atoms with E-state index in [9.17, 15) is 15.0 Å². The fourth-order valence-corrected chi connectivity index (χ4v) is 6.82. The molecule has 0 unspecified atom stereocenters. The summed E-state index contributed by atoms with van der Waals surface area (Å²) in [5, 5.41) is 22.1. The first-order valence-corrected chi connectivity index (χ1v) is 12.3. The van der Waals surface area contributed by atoms with Gasteiger partial charge in [0.05, 0.1) is 0 Å². The number of aliphatic hydroxyl groups excluding tert-OH is 2. The number of benzene rings is 1. The molecule has 4 nitrogen and oxygen atoms in total. The second-order valence-electron chi connectivity index (χ2n) is 7.92. The summed E-state index contributed by atoms with van der Waals surface area (Å²) < 4.78 is 6.69. The molecule has 0 bridgehead atoms. The Kier molecular flexibility index (Phi) is 8.02. The van der Waals surface area contributed by atoms with E-state index in [1.807, 2.05) is 31.2 Å². The zero-order chi connectivity index (χ0) is 20.1. The topological polar surface area (TPSA) is 66.8 Å². The molecule has 1 fully saturated rings. The van der Waals surface area contributed by atoms with Crippen molar-refractivity contribution in [2.75, 3.05) is 0 Å². The van der Waals surface area contributed by atoms with Gasteiger partial charge >= 0.3 is 179 Å². The van der Waals surface area contributed by atoms with Gasteiger partial charge in [-0.2, -0.15) is 0 Å². The Hall–Kier alpha value is -0.841. The van der Waals surface area contributed by atoms with Crippen LogP contribution < -0.4 is 4.46 Å². The van der Waals surface area contributed by atoms with E-state index >= 15 is 0 Å². The Labute approximate surface area is 178 Å². The molecule has 1 heterocycles. The molecule has 0 saturated heterocycles. The third-order valence-electron chi connectivity index (χ3n) is 5.62. The molecular formula is C22H29ClO4Se. The Balaban J connectivity index is 1.83. The predicted octanol–water partition coefficient (Wildman–Crippen LogP) is 3.27. The van der Waals surface area contributed by atoms with E-state index in [2.05, 4.69) is 12.2 Å². The monoisotopic (exact) mass is 472 g/mol. The molecule has 154 valence electrons. The second kappa shape index (κ2) is 10.3. The molecule has 1 aromatic rings. The number of allylic oxidation sites excluding steroid dienone is 2. The molecule has 6 heteroatoms. The van der Waals surface area contributed by atoms with E-state index in [0.717, 1.165) is 23.7 Å². The Morgan fingerprint density at radius 2 is 1.93 bits per heavy atom. The van der Waals surface area contributed by atoms with Gasteiger partial charge in [0.1, 0.15) is 0 Å². The maximum atomic E-state index is 12.5. The number of ether oxygens (including phenoxy) is 1. The van der Waals surface area contributed by atoms with E-state index in [1.54, 1.807) is 0 Å². The molecule has 1 saturated carbocycles. The van der Waals surface area contributed by atoms with Gasteiger partial charge in [0.15, 0.2) is 0 Å². The molecule has 1 aliphatic carbocycles. The van der Waals surface area contributed by atoms with Gasteiger partial charge in [-0.15, -0.1) is 0 Å². The number of fused-ring (bicyclic) bond motifs is 1. The minimum atomic E-state index is -0.647. The minimum absolute atomic E-state index is 0.0311. The van der Waals surface area contributed by atoms with Gasteiger partial charge in [0.2, 0.25) is 0 Å². The van der Waals surface area contributed by atoms with E-state index < -0.39 is 12.2 Å². The molecule has 28 heavy (non-hydrogen) atoms. The molecule has 2 N–H and O–H groups in total. The van der Waals surface area contributed by atoms with Crippen LogP contribution in [0.5, 0.6) is 0 Å². The summed E-state index contributed by atoms with van der Waals surface area (Å²) in [5.74, 6) is -0.117. The number of hydrogen-bond donors (Lipinski definition) is 2. The first-order valence-electron chi connectivity index (χ1n) is 10.1. The molecule has 3 rings (SSSR count). The molecular weight excluding hydrogens is 443 g/mol. The average molecular weight is 472 g/mol. The average Bonchev–Trinajstić information content (AvgIpc) is 3.02. The summed E-state index contributed by atoms with van der Waals surface area (Å²) in [6.45, 7) is 1.93. The molecule has 0 spiro atoms. The van der Waals surface area contributed by atoms with Crippen LogP contribution in [0.25, 0.3) is 0 Å². The third kappa shape index (κ3) is 6.08. The standard InChI is InChI=1S/C22H29ClO4Se/c1-14-5-3-2-4-6-15-11-17(24)12-19(15)22(26)20(13-21(25)27-14)28-18-9-7-16(23)8-10-18/h4,6-10,14-15,17,19-20,22,24,26H,2-3,5,11-13H2,1H3/b6-4+/t14-,15+,17-,19+,20+,22-/m0/s1. The van der Waals surface area contributed by atoms with Crippen molar-refractivity contribution in [3.63, 3.8) is 0 Å². The van der Waals surface area contributed by atoms with Gasteiger partial charge in [0.25, 0.3) is 0 Å². The van der Waals surface area contributed by atoms with Crippen LogP contribution in [0.15, 0.2) is 36.4 Å². The van der Waals surface area contributed by atoms with Gasteiger partial charge in [0, 0.05) is 0 Å². The number of aliphatic hydroxyl groups is 2. The van der Waals surface area contributed by atoms with Crippen LogP contribution in [0.3, 0.4) is 0 Å². The Bertz CT molecular complexity index is 678. The Morgan fingerprint density at radius 3 is 2.68 bits per heavy atom. The molecule has 0 radical (unpaired) electrons. The fraction of sp³-hybridized carbons (Fsp3) is 0.591. The first-order chi connectivity index (χ1) is 13.4. The number of rotatable bonds is 2. The summed E-state index contributed by atoms with van der Waals surface area (Å²) in [6.07, 6.45) is 7.37. The molecule has 6 atom stereocenters. The predicted molar refractivity (Wildman–Crippen MR) is 112 cm³/mol. The van der Waals surface area contributed by atoms with Gasteiger partial charge in [-0.05, 0) is 0 Å². The Morgan fingerprint density at radius 1 is 1.18 bits per heavy atom. The van der Waals surface area contributed by atoms with Crippen molar-refractivity contribution in [1.82, 2.24) is 0 Å². The summed E-state index contributed by atoms with van der Waals surface area (Å²) in [4.78, 5) is 12.3.